The molecular formula is C20H15NO3. The molecule has 0 bridgehead atoms. The van der Waals surface area contributed by atoms with Crippen molar-refractivity contribution < 1.29 is 14.7 Å². The maximum atomic E-state index is 11.6. The Labute approximate surface area is 139 Å². The molecule has 0 saturated carbocycles. The van der Waals surface area contributed by atoms with E-state index in [2.05, 4.69) is 4.98 Å². The van der Waals surface area contributed by atoms with Crippen LogP contribution in [0.3, 0.4) is 0 Å². The van der Waals surface area contributed by atoms with E-state index >= 15 is 0 Å². The lowest BCUT2D eigenvalue weighted by Crippen LogP contribution is -2.02. The van der Waals surface area contributed by atoms with Gasteiger partial charge in [0.15, 0.2) is 5.78 Å². The molecule has 1 heterocycles. The van der Waals surface area contributed by atoms with Crippen molar-refractivity contribution in [1.29, 1.82) is 0 Å². The van der Waals surface area contributed by atoms with Gasteiger partial charge in [0.1, 0.15) is 0 Å². The van der Waals surface area contributed by atoms with Crippen molar-refractivity contribution >= 4 is 34.8 Å². The third kappa shape index (κ3) is 3.22. The molecule has 0 amide bonds. The zero-order chi connectivity index (χ0) is 17.1. The number of aromatic carboxylic acids is 1. The number of hydrogen-bond donors (Lipinski definition) is 1. The monoisotopic (exact) mass is 317 g/mol. The number of carboxylic acids is 1. The van der Waals surface area contributed by atoms with E-state index in [0.717, 1.165) is 5.56 Å². The van der Waals surface area contributed by atoms with Gasteiger partial charge in [0, 0.05) is 10.9 Å². The Bertz CT molecular complexity index is 959. The van der Waals surface area contributed by atoms with Crippen molar-refractivity contribution in [2.24, 2.45) is 0 Å². The van der Waals surface area contributed by atoms with Crippen LogP contribution in [0.25, 0.3) is 23.1 Å². The first-order valence-corrected chi connectivity index (χ1v) is 7.47. The van der Waals surface area contributed by atoms with Gasteiger partial charge in [-0.15, -0.1) is 0 Å². The quantitative estimate of drug-likeness (QED) is 0.728. The minimum atomic E-state index is -1.04. The molecule has 0 fully saturated rings. The minimum Gasteiger partial charge on any atom is -0.478 e. The molecule has 0 unspecified atom stereocenters. The average Bonchev–Trinajstić information content (AvgIpc) is 2.59. The predicted molar refractivity (Wildman–Crippen MR) is 94.1 cm³/mol. The van der Waals surface area contributed by atoms with Gasteiger partial charge in [-0.1, -0.05) is 36.4 Å². The number of carbonyl (C=O) groups excluding carboxylic acids is 1. The molecule has 0 radical (unpaired) electrons. The fourth-order valence-corrected chi connectivity index (χ4v) is 2.47. The van der Waals surface area contributed by atoms with Gasteiger partial charge in [-0.2, -0.15) is 0 Å². The van der Waals surface area contributed by atoms with E-state index < -0.39 is 5.97 Å². The predicted octanol–water partition coefficient (Wildman–Crippen LogP) is 4.31. The van der Waals surface area contributed by atoms with E-state index in [1.165, 1.54) is 13.0 Å². The molecule has 0 aliphatic rings. The SMILES string of the molecule is CC(=O)c1ccc2nc(C=Cc3ccccc3)cc(C(=O)O)c2c1. The van der Waals surface area contributed by atoms with Gasteiger partial charge in [0.2, 0.25) is 0 Å². The first kappa shape index (κ1) is 15.6. The molecule has 1 aromatic heterocycles. The number of benzene rings is 2. The van der Waals surface area contributed by atoms with Crippen molar-refractivity contribution in [2.75, 3.05) is 0 Å². The van der Waals surface area contributed by atoms with E-state index in [9.17, 15) is 14.7 Å². The van der Waals surface area contributed by atoms with Crippen LogP contribution in [0.15, 0.2) is 54.6 Å². The summed E-state index contributed by atoms with van der Waals surface area (Å²) in [6, 6.07) is 16.1. The molecule has 0 saturated heterocycles. The Kier molecular flexibility index (Phi) is 4.20. The number of ketones is 1. The van der Waals surface area contributed by atoms with Crippen LogP contribution in [-0.2, 0) is 0 Å². The maximum Gasteiger partial charge on any atom is 0.336 e. The van der Waals surface area contributed by atoms with E-state index in [1.807, 2.05) is 36.4 Å². The number of fused-ring (bicyclic) bond motifs is 1. The number of aromatic nitrogens is 1. The van der Waals surface area contributed by atoms with Crippen LogP contribution in [0.4, 0.5) is 0 Å². The molecule has 0 spiro atoms. The first-order chi connectivity index (χ1) is 11.5. The lowest BCUT2D eigenvalue weighted by molar-refractivity contribution is 0.0698. The summed E-state index contributed by atoms with van der Waals surface area (Å²) in [5.74, 6) is -1.15. The molecule has 3 aromatic rings. The smallest absolute Gasteiger partial charge is 0.336 e. The summed E-state index contributed by atoms with van der Waals surface area (Å²) in [5.41, 5.74) is 2.71. The van der Waals surface area contributed by atoms with Crippen LogP contribution in [-0.4, -0.2) is 21.8 Å². The van der Waals surface area contributed by atoms with E-state index in [-0.39, 0.29) is 11.3 Å². The van der Waals surface area contributed by atoms with E-state index in [4.69, 9.17) is 0 Å². The molecule has 4 heteroatoms. The highest BCUT2D eigenvalue weighted by atomic mass is 16.4. The fraction of sp³-hybridized carbons (Fsp3) is 0.0500. The number of Topliss-reactive ketones (excluding diaryl/α,β-unsaturated/α-hetero) is 1. The van der Waals surface area contributed by atoms with Crippen LogP contribution in [0, 0.1) is 0 Å². The largest absolute Gasteiger partial charge is 0.478 e. The summed E-state index contributed by atoms with van der Waals surface area (Å²) in [6.07, 6.45) is 3.66. The third-order valence-corrected chi connectivity index (χ3v) is 3.71. The summed E-state index contributed by atoms with van der Waals surface area (Å²) in [4.78, 5) is 27.6. The second-order valence-electron chi connectivity index (χ2n) is 5.43. The molecule has 24 heavy (non-hydrogen) atoms. The number of rotatable bonds is 4. The Morgan fingerprint density at radius 3 is 2.42 bits per heavy atom. The molecule has 0 atom stereocenters. The summed E-state index contributed by atoms with van der Waals surface area (Å²) in [6.45, 7) is 1.45. The molecule has 2 aromatic carbocycles. The van der Waals surface area contributed by atoms with Crippen molar-refractivity contribution in [3.63, 3.8) is 0 Å². The Balaban J connectivity index is 2.11. The minimum absolute atomic E-state index is 0.110. The normalized spacial score (nSPS) is 11.0. The fourth-order valence-electron chi connectivity index (χ4n) is 2.47. The van der Waals surface area contributed by atoms with Gasteiger partial charge >= 0.3 is 5.97 Å². The standard InChI is InChI=1S/C20H15NO3/c1-13(22)15-8-10-19-17(11-15)18(20(23)24)12-16(21-19)9-7-14-5-3-2-4-6-14/h2-12H,1H3,(H,23,24). The molecule has 0 aliphatic heterocycles. The number of nitrogens with zero attached hydrogens (tertiary/aromatic N) is 1. The molecule has 1 N–H and O–H groups in total. The summed E-state index contributed by atoms with van der Waals surface area (Å²) in [7, 11) is 0. The van der Waals surface area contributed by atoms with Crippen LogP contribution in [0.5, 0.6) is 0 Å². The molecule has 118 valence electrons. The Morgan fingerprint density at radius 1 is 1.00 bits per heavy atom. The number of pyridine rings is 1. The van der Waals surface area contributed by atoms with E-state index in [0.29, 0.717) is 22.2 Å². The highest BCUT2D eigenvalue weighted by molar-refractivity contribution is 6.06. The number of carboxylic acid groups (broad SMARTS) is 1. The van der Waals surface area contributed by atoms with Gasteiger partial charge in [-0.3, -0.25) is 4.79 Å². The third-order valence-electron chi connectivity index (χ3n) is 3.71. The average molecular weight is 317 g/mol. The first-order valence-electron chi connectivity index (χ1n) is 7.47. The summed E-state index contributed by atoms with van der Waals surface area (Å²) >= 11 is 0. The van der Waals surface area contributed by atoms with Crippen molar-refractivity contribution in [2.45, 2.75) is 6.92 Å². The zero-order valence-corrected chi connectivity index (χ0v) is 13.1. The highest BCUT2D eigenvalue weighted by Crippen LogP contribution is 2.22. The lowest BCUT2D eigenvalue weighted by Gasteiger charge is -2.06. The van der Waals surface area contributed by atoms with Crippen LogP contribution >= 0.6 is 0 Å². The topological polar surface area (TPSA) is 67.3 Å². The highest BCUT2D eigenvalue weighted by Gasteiger charge is 2.12. The second kappa shape index (κ2) is 6.46. The lowest BCUT2D eigenvalue weighted by atomic mass is 10.0. The Hall–Kier alpha value is -3.27. The van der Waals surface area contributed by atoms with Gasteiger partial charge < -0.3 is 5.11 Å². The maximum absolute atomic E-state index is 11.6. The summed E-state index contributed by atoms with van der Waals surface area (Å²) < 4.78 is 0. The van der Waals surface area contributed by atoms with Gasteiger partial charge in [-0.05, 0) is 42.8 Å². The molecule has 3 rings (SSSR count). The summed E-state index contributed by atoms with van der Waals surface area (Å²) in [5, 5.41) is 9.95. The number of carbonyl (C=O) groups is 2. The van der Waals surface area contributed by atoms with Crippen LogP contribution < -0.4 is 0 Å². The van der Waals surface area contributed by atoms with Crippen LogP contribution in [0.2, 0.25) is 0 Å². The zero-order valence-electron chi connectivity index (χ0n) is 13.1. The molecule has 4 nitrogen and oxygen atoms in total. The van der Waals surface area contributed by atoms with E-state index in [1.54, 1.807) is 24.3 Å². The van der Waals surface area contributed by atoms with Gasteiger partial charge in [-0.25, -0.2) is 9.78 Å². The van der Waals surface area contributed by atoms with Crippen molar-refractivity contribution in [3.8, 4) is 0 Å². The Morgan fingerprint density at radius 2 is 1.75 bits per heavy atom. The van der Waals surface area contributed by atoms with Crippen LogP contribution in [0.1, 0.15) is 38.9 Å². The second-order valence-corrected chi connectivity index (χ2v) is 5.43. The van der Waals surface area contributed by atoms with Crippen molar-refractivity contribution in [1.82, 2.24) is 4.98 Å². The van der Waals surface area contributed by atoms with Gasteiger partial charge in [0.05, 0.1) is 16.8 Å². The molecule has 0 aliphatic carbocycles. The number of hydrogen-bond acceptors (Lipinski definition) is 3. The molecular weight excluding hydrogens is 302 g/mol. The van der Waals surface area contributed by atoms with Crippen molar-refractivity contribution in [3.05, 3.63) is 77.0 Å². The van der Waals surface area contributed by atoms with Gasteiger partial charge in [0.25, 0.3) is 0 Å².